The number of rotatable bonds is 2. The van der Waals surface area contributed by atoms with Crippen LogP contribution in [0.3, 0.4) is 0 Å². The summed E-state index contributed by atoms with van der Waals surface area (Å²) < 4.78 is 29.9. The normalized spacial score (nSPS) is 10.3. The lowest BCUT2D eigenvalue weighted by molar-refractivity contribution is 0.102. The van der Waals surface area contributed by atoms with Gasteiger partial charge in [0.05, 0.1) is 5.56 Å². The van der Waals surface area contributed by atoms with E-state index in [0.717, 1.165) is 23.8 Å². The van der Waals surface area contributed by atoms with Crippen LogP contribution in [0.25, 0.3) is 0 Å². The molecule has 0 fully saturated rings. The van der Waals surface area contributed by atoms with Gasteiger partial charge >= 0.3 is 0 Å². The molecular formula is C9H6F2N4OS. The monoisotopic (exact) mass is 256 g/mol. The molecule has 2 heterocycles. The van der Waals surface area contributed by atoms with Gasteiger partial charge in [0.2, 0.25) is 11.1 Å². The van der Waals surface area contributed by atoms with Crippen LogP contribution in [-0.4, -0.2) is 20.2 Å². The predicted molar refractivity (Wildman–Crippen MR) is 56.8 cm³/mol. The van der Waals surface area contributed by atoms with E-state index in [1.54, 1.807) is 6.92 Å². The second-order valence-corrected chi connectivity index (χ2v) is 3.82. The number of nitrogens with zero attached hydrogens (tertiary/aromatic N) is 3. The van der Waals surface area contributed by atoms with Crippen molar-refractivity contribution < 1.29 is 13.6 Å². The number of pyridine rings is 1. The van der Waals surface area contributed by atoms with Gasteiger partial charge in [-0.05, 0) is 13.0 Å². The maximum absolute atomic E-state index is 13.2. The number of carbonyl (C=O) groups excluding carboxylic acids is 1. The number of aryl methyl sites for hydroxylation is 1. The van der Waals surface area contributed by atoms with Crippen LogP contribution in [0, 0.1) is 18.7 Å². The standard InChI is InChI=1S/C9H6F2N4OS/c1-4-13-9(17-15-4)14-8(16)5-2-3-12-7(11)6(5)10/h2-3H,1H3,(H,13,14,15,16). The van der Waals surface area contributed by atoms with Crippen molar-refractivity contribution in [1.29, 1.82) is 0 Å². The Balaban J connectivity index is 2.23. The van der Waals surface area contributed by atoms with Gasteiger partial charge in [-0.1, -0.05) is 0 Å². The molecule has 8 heteroatoms. The summed E-state index contributed by atoms with van der Waals surface area (Å²) in [5.74, 6) is -2.90. The van der Waals surface area contributed by atoms with Crippen LogP contribution in [-0.2, 0) is 0 Å². The van der Waals surface area contributed by atoms with Gasteiger partial charge < -0.3 is 0 Å². The molecule has 0 saturated carbocycles. The minimum Gasteiger partial charge on any atom is -0.296 e. The molecule has 0 radical (unpaired) electrons. The van der Waals surface area contributed by atoms with E-state index >= 15 is 0 Å². The summed E-state index contributed by atoms with van der Waals surface area (Å²) in [5, 5.41) is 2.54. The molecule has 0 unspecified atom stereocenters. The van der Waals surface area contributed by atoms with Gasteiger partial charge in [-0.3, -0.25) is 10.1 Å². The first-order chi connectivity index (χ1) is 8.08. The number of amides is 1. The number of carbonyl (C=O) groups is 1. The van der Waals surface area contributed by atoms with Gasteiger partial charge in [-0.25, -0.2) is 14.4 Å². The first-order valence-corrected chi connectivity index (χ1v) is 5.27. The molecule has 1 amide bonds. The molecule has 0 bridgehead atoms. The Bertz CT molecular complexity index is 572. The highest BCUT2D eigenvalue weighted by molar-refractivity contribution is 7.09. The Kier molecular flexibility index (Phi) is 3.05. The van der Waals surface area contributed by atoms with Gasteiger partial charge in [0.15, 0.2) is 5.82 Å². The van der Waals surface area contributed by atoms with E-state index in [4.69, 9.17) is 0 Å². The number of hydrogen-bond acceptors (Lipinski definition) is 5. The molecule has 0 spiro atoms. The van der Waals surface area contributed by atoms with Gasteiger partial charge in [-0.2, -0.15) is 8.76 Å². The number of hydrogen-bond donors (Lipinski definition) is 1. The molecule has 0 aromatic carbocycles. The van der Waals surface area contributed by atoms with E-state index in [0.29, 0.717) is 5.82 Å². The van der Waals surface area contributed by atoms with Gasteiger partial charge in [0, 0.05) is 17.7 Å². The van der Waals surface area contributed by atoms with Gasteiger partial charge in [0.25, 0.3) is 5.91 Å². The van der Waals surface area contributed by atoms with E-state index in [2.05, 4.69) is 19.7 Å². The largest absolute Gasteiger partial charge is 0.296 e. The molecular weight excluding hydrogens is 250 g/mol. The van der Waals surface area contributed by atoms with E-state index in [9.17, 15) is 13.6 Å². The maximum Gasteiger partial charge on any atom is 0.260 e. The minimum atomic E-state index is -1.31. The highest BCUT2D eigenvalue weighted by atomic mass is 32.1. The van der Waals surface area contributed by atoms with Gasteiger partial charge in [0.1, 0.15) is 5.82 Å². The quantitative estimate of drug-likeness (QED) is 0.831. The van der Waals surface area contributed by atoms with Crippen LogP contribution in [0.15, 0.2) is 12.3 Å². The highest BCUT2D eigenvalue weighted by Gasteiger charge is 2.17. The van der Waals surface area contributed by atoms with Crippen molar-refractivity contribution >= 4 is 22.6 Å². The third kappa shape index (κ3) is 2.41. The van der Waals surface area contributed by atoms with Crippen molar-refractivity contribution in [2.75, 3.05) is 5.32 Å². The highest BCUT2D eigenvalue weighted by Crippen LogP contribution is 2.14. The molecule has 2 aromatic rings. The van der Waals surface area contributed by atoms with Crippen molar-refractivity contribution in [3.63, 3.8) is 0 Å². The lowest BCUT2D eigenvalue weighted by Gasteiger charge is -2.02. The first-order valence-electron chi connectivity index (χ1n) is 4.49. The molecule has 1 N–H and O–H groups in total. The Morgan fingerprint density at radius 2 is 2.24 bits per heavy atom. The van der Waals surface area contributed by atoms with E-state index in [-0.39, 0.29) is 5.13 Å². The molecule has 88 valence electrons. The average molecular weight is 256 g/mol. The molecule has 0 aliphatic heterocycles. The average Bonchev–Trinajstić information content (AvgIpc) is 2.68. The summed E-state index contributed by atoms with van der Waals surface area (Å²) in [6.07, 6.45) is 1.01. The van der Waals surface area contributed by atoms with Gasteiger partial charge in [-0.15, -0.1) is 0 Å². The third-order valence-electron chi connectivity index (χ3n) is 1.84. The molecule has 0 aliphatic carbocycles. The van der Waals surface area contributed by atoms with Crippen molar-refractivity contribution in [2.24, 2.45) is 0 Å². The number of anilines is 1. The second-order valence-electron chi connectivity index (χ2n) is 3.06. The van der Waals surface area contributed by atoms with Crippen LogP contribution < -0.4 is 5.32 Å². The summed E-state index contributed by atoms with van der Waals surface area (Å²) in [4.78, 5) is 18.5. The molecule has 17 heavy (non-hydrogen) atoms. The number of nitrogens with one attached hydrogen (secondary N) is 1. The molecule has 2 aromatic heterocycles. The van der Waals surface area contributed by atoms with Crippen LogP contribution in [0.5, 0.6) is 0 Å². The van der Waals surface area contributed by atoms with Crippen molar-refractivity contribution in [3.8, 4) is 0 Å². The fraction of sp³-hybridized carbons (Fsp3) is 0.111. The third-order valence-corrected chi connectivity index (χ3v) is 2.56. The Labute approximate surface area is 98.7 Å². The second kappa shape index (κ2) is 4.50. The smallest absolute Gasteiger partial charge is 0.260 e. The Hall–Kier alpha value is -1.96. The summed E-state index contributed by atoms with van der Waals surface area (Å²) in [5.41, 5.74) is -0.426. The van der Waals surface area contributed by atoms with E-state index in [1.807, 2.05) is 0 Å². The Morgan fingerprint density at radius 1 is 1.47 bits per heavy atom. The van der Waals surface area contributed by atoms with Crippen molar-refractivity contribution in [2.45, 2.75) is 6.92 Å². The lowest BCUT2D eigenvalue weighted by Crippen LogP contribution is -2.14. The van der Waals surface area contributed by atoms with E-state index in [1.165, 1.54) is 0 Å². The summed E-state index contributed by atoms with van der Waals surface area (Å²) >= 11 is 0.958. The van der Waals surface area contributed by atoms with E-state index < -0.39 is 23.2 Å². The molecule has 5 nitrogen and oxygen atoms in total. The molecule has 2 rings (SSSR count). The predicted octanol–water partition coefficient (Wildman–Crippen LogP) is 1.77. The van der Waals surface area contributed by atoms with Crippen LogP contribution >= 0.6 is 11.5 Å². The van der Waals surface area contributed by atoms with Crippen LogP contribution in [0.4, 0.5) is 13.9 Å². The van der Waals surface area contributed by atoms with Crippen LogP contribution in [0.1, 0.15) is 16.2 Å². The fourth-order valence-electron chi connectivity index (χ4n) is 1.11. The lowest BCUT2D eigenvalue weighted by atomic mass is 10.2. The maximum atomic E-state index is 13.2. The molecule has 0 saturated heterocycles. The molecule has 0 aliphatic rings. The number of aromatic nitrogens is 3. The zero-order valence-corrected chi connectivity index (χ0v) is 9.39. The SMILES string of the molecule is Cc1nsc(NC(=O)c2ccnc(F)c2F)n1. The summed E-state index contributed by atoms with van der Waals surface area (Å²) in [6.45, 7) is 1.65. The zero-order chi connectivity index (χ0) is 12.4. The first kappa shape index (κ1) is 11.5. The summed E-state index contributed by atoms with van der Waals surface area (Å²) in [7, 11) is 0. The summed E-state index contributed by atoms with van der Waals surface area (Å²) in [6, 6.07) is 1.08. The number of halogens is 2. The zero-order valence-electron chi connectivity index (χ0n) is 8.57. The molecule has 0 atom stereocenters. The topological polar surface area (TPSA) is 67.8 Å². The Morgan fingerprint density at radius 3 is 2.88 bits per heavy atom. The fourth-order valence-corrected chi connectivity index (χ4v) is 1.68. The van der Waals surface area contributed by atoms with Crippen molar-refractivity contribution in [3.05, 3.63) is 35.4 Å². The van der Waals surface area contributed by atoms with Crippen LogP contribution in [0.2, 0.25) is 0 Å². The van der Waals surface area contributed by atoms with Crippen molar-refractivity contribution in [1.82, 2.24) is 14.3 Å². The minimum absolute atomic E-state index is 0.226.